The van der Waals surface area contributed by atoms with Crippen molar-refractivity contribution in [1.29, 1.82) is 0 Å². The predicted molar refractivity (Wildman–Crippen MR) is 82.1 cm³/mol. The first kappa shape index (κ1) is 13.6. The molecule has 0 atom stereocenters. The van der Waals surface area contributed by atoms with Gasteiger partial charge in [-0.25, -0.2) is 12.9 Å². The Morgan fingerprint density at radius 2 is 1.90 bits per heavy atom. The van der Waals surface area contributed by atoms with Gasteiger partial charge in [0.05, 0.1) is 22.3 Å². The van der Waals surface area contributed by atoms with E-state index >= 15 is 0 Å². The number of nitrogens with one attached hydrogen (secondary N) is 1. The molecule has 21 heavy (non-hydrogen) atoms. The number of sulfone groups is 1. The maximum Gasteiger partial charge on any atom is 0.177 e. The molecule has 5 nitrogen and oxygen atoms in total. The van der Waals surface area contributed by atoms with E-state index in [0.717, 1.165) is 11.1 Å². The molecular weight excluding hydrogens is 286 g/mol. The van der Waals surface area contributed by atoms with E-state index in [4.69, 9.17) is 0 Å². The van der Waals surface area contributed by atoms with E-state index in [-0.39, 0.29) is 0 Å². The Labute approximate surface area is 123 Å². The minimum atomic E-state index is -3.25. The van der Waals surface area contributed by atoms with Gasteiger partial charge in [-0.1, -0.05) is 18.2 Å². The van der Waals surface area contributed by atoms with Gasteiger partial charge in [-0.2, -0.15) is 5.10 Å². The van der Waals surface area contributed by atoms with Gasteiger partial charge >= 0.3 is 0 Å². The highest BCUT2D eigenvalue weighted by molar-refractivity contribution is 7.90. The topological polar surface area (TPSA) is 63.5 Å². The Kier molecular flexibility index (Phi) is 3.39. The zero-order chi connectivity index (χ0) is 14.9. The van der Waals surface area contributed by atoms with Crippen LogP contribution in [0.1, 0.15) is 5.56 Å². The Morgan fingerprint density at radius 3 is 2.71 bits per heavy atom. The first-order chi connectivity index (χ1) is 10.1. The zero-order valence-corrected chi connectivity index (χ0v) is 12.3. The van der Waals surface area contributed by atoms with Crippen molar-refractivity contribution in [2.75, 3.05) is 11.6 Å². The second kappa shape index (κ2) is 5.21. The number of pyridine rings is 1. The third-order valence-corrected chi connectivity index (χ3v) is 4.42. The van der Waals surface area contributed by atoms with E-state index in [2.05, 4.69) is 10.4 Å². The van der Waals surface area contributed by atoms with Crippen molar-refractivity contribution < 1.29 is 8.42 Å². The van der Waals surface area contributed by atoms with Gasteiger partial charge in [0.25, 0.3) is 0 Å². The second-order valence-electron chi connectivity index (χ2n) is 4.82. The number of benzene rings is 1. The normalized spacial score (nSPS) is 11.7. The molecule has 0 radical (unpaired) electrons. The number of rotatable bonds is 4. The highest BCUT2D eigenvalue weighted by atomic mass is 32.2. The Bertz CT molecular complexity index is 885. The van der Waals surface area contributed by atoms with E-state index in [0.29, 0.717) is 17.1 Å². The fourth-order valence-electron chi connectivity index (χ4n) is 2.25. The van der Waals surface area contributed by atoms with Crippen LogP contribution in [0.25, 0.3) is 5.52 Å². The Balaban J connectivity index is 1.89. The molecule has 6 heteroatoms. The lowest BCUT2D eigenvalue weighted by Gasteiger charge is -2.10. The average molecular weight is 301 g/mol. The highest BCUT2D eigenvalue weighted by Gasteiger charge is 2.12. The fraction of sp³-hybridized carbons (Fsp3) is 0.133. The van der Waals surface area contributed by atoms with E-state index in [1.807, 2.05) is 30.5 Å². The van der Waals surface area contributed by atoms with Crippen LogP contribution in [0.2, 0.25) is 0 Å². The third-order valence-electron chi connectivity index (χ3n) is 3.26. The fourth-order valence-corrected chi connectivity index (χ4v) is 3.12. The number of fused-ring (bicyclic) bond motifs is 1. The van der Waals surface area contributed by atoms with Crippen molar-refractivity contribution in [3.63, 3.8) is 0 Å². The van der Waals surface area contributed by atoms with Crippen LogP contribution in [0.5, 0.6) is 0 Å². The minimum Gasteiger partial charge on any atom is -0.380 e. The lowest BCUT2D eigenvalue weighted by atomic mass is 10.2. The molecule has 0 unspecified atom stereocenters. The molecule has 3 aromatic rings. The monoisotopic (exact) mass is 301 g/mol. The van der Waals surface area contributed by atoms with Crippen LogP contribution in [0.4, 0.5) is 5.69 Å². The van der Waals surface area contributed by atoms with Gasteiger partial charge < -0.3 is 5.32 Å². The molecule has 2 aromatic heterocycles. The van der Waals surface area contributed by atoms with Crippen LogP contribution < -0.4 is 5.32 Å². The molecule has 0 aliphatic carbocycles. The zero-order valence-electron chi connectivity index (χ0n) is 11.5. The molecule has 0 amide bonds. The lowest BCUT2D eigenvalue weighted by molar-refractivity contribution is 0.602. The summed E-state index contributed by atoms with van der Waals surface area (Å²) in [6.45, 7) is 0.514. The number of hydrogen-bond donors (Lipinski definition) is 1. The summed E-state index contributed by atoms with van der Waals surface area (Å²) in [7, 11) is -3.25. The summed E-state index contributed by atoms with van der Waals surface area (Å²) in [5, 5.41) is 7.44. The minimum absolute atomic E-state index is 0.307. The molecule has 3 rings (SSSR count). The van der Waals surface area contributed by atoms with Gasteiger partial charge in [0, 0.05) is 24.6 Å². The van der Waals surface area contributed by atoms with Gasteiger partial charge in [-0.15, -0.1) is 0 Å². The number of aromatic nitrogens is 2. The number of hydrogen-bond acceptors (Lipinski definition) is 4. The molecule has 0 fully saturated rings. The van der Waals surface area contributed by atoms with E-state index < -0.39 is 9.84 Å². The summed E-state index contributed by atoms with van der Waals surface area (Å²) < 4.78 is 25.3. The Hall–Kier alpha value is -2.34. The molecule has 1 aromatic carbocycles. The molecular formula is C15H15N3O2S. The molecule has 0 aliphatic heterocycles. The maximum atomic E-state index is 11.8. The summed E-state index contributed by atoms with van der Waals surface area (Å²) >= 11 is 0. The quantitative estimate of drug-likeness (QED) is 0.803. The van der Waals surface area contributed by atoms with Crippen LogP contribution in [0, 0.1) is 0 Å². The van der Waals surface area contributed by atoms with E-state index in [1.165, 1.54) is 6.26 Å². The predicted octanol–water partition coefficient (Wildman–Crippen LogP) is 2.35. The summed E-state index contributed by atoms with van der Waals surface area (Å²) in [5.41, 5.74) is 2.62. The molecule has 108 valence electrons. The first-order valence-corrected chi connectivity index (χ1v) is 8.39. The van der Waals surface area contributed by atoms with E-state index in [9.17, 15) is 8.42 Å². The summed E-state index contributed by atoms with van der Waals surface area (Å²) in [6, 6.07) is 12.7. The Morgan fingerprint density at radius 1 is 1.14 bits per heavy atom. The van der Waals surface area contributed by atoms with Crippen LogP contribution in [0.3, 0.4) is 0 Å². The molecule has 0 aliphatic rings. The third kappa shape index (κ3) is 2.75. The largest absolute Gasteiger partial charge is 0.380 e. The molecule has 2 heterocycles. The lowest BCUT2D eigenvalue weighted by Crippen LogP contribution is -2.05. The van der Waals surface area contributed by atoms with Crippen molar-refractivity contribution in [2.45, 2.75) is 11.4 Å². The van der Waals surface area contributed by atoms with Crippen LogP contribution in [0.15, 0.2) is 59.8 Å². The highest BCUT2D eigenvalue weighted by Crippen LogP contribution is 2.22. The molecule has 1 N–H and O–H groups in total. The standard InChI is InChI=1S/C15H15N3O2S/c1-21(19,20)15-8-3-2-6-13(15)16-10-12-11-17-18-9-5-4-7-14(12)18/h2-9,11,16H,10H2,1H3. The molecule has 0 saturated carbocycles. The summed E-state index contributed by atoms with van der Waals surface area (Å²) in [5.74, 6) is 0. The number of anilines is 1. The first-order valence-electron chi connectivity index (χ1n) is 6.50. The molecule has 0 bridgehead atoms. The average Bonchev–Trinajstić information content (AvgIpc) is 2.88. The summed E-state index contributed by atoms with van der Waals surface area (Å²) in [4.78, 5) is 0.307. The van der Waals surface area contributed by atoms with Crippen LogP contribution in [-0.4, -0.2) is 24.3 Å². The van der Waals surface area contributed by atoms with Crippen molar-refractivity contribution in [3.05, 3.63) is 60.4 Å². The maximum absolute atomic E-state index is 11.8. The van der Waals surface area contributed by atoms with Gasteiger partial charge in [-0.05, 0) is 24.3 Å². The SMILES string of the molecule is CS(=O)(=O)c1ccccc1NCc1cnn2ccccc12. The van der Waals surface area contributed by atoms with Crippen molar-refractivity contribution >= 4 is 21.0 Å². The number of nitrogens with zero attached hydrogens (tertiary/aromatic N) is 2. The molecule has 0 spiro atoms. The van der Waals surface area contributed by atoms with Crippen molar-refractivity contribution in [2.24, 2.45) is 0 Å². The van der Waals surface area contributed by atoms with Gasteiger partial charge in [0.1, 0.15) is 0 Å². The van der Waals surface area contributed by atoms with Crippen LogP contribution in [-0.2, 0) is 16.4 Å². The van der Waals surface area contributed by atoms with Crippen LogP contribution >= 0.6 is 0 Å². The molecule has 0 saturated heterocycles. The van der Waals surface area contributed by atoms with Gasteiger partial charge in [0.15, 0.2) is 9.84 Å². The number of para-hydroxylation sites is 1. The smallest absolute Gasteiger partial charge is 0.177 e. The second-order valence-corrected chi connectivity index (χ2v) is 6.81. The van der Waals surface area contributed by atoms with Gasteiger partial charge in [-0.3, -0.25) is 0 Å². The van der Waals surface area contributed by atoms with Crippen molar-refractivity contribution in [1.82, 2.24) is 9.61 Å². The van der Waals surface area contributed by atoms with E-state index in [1.54, 1.807) is 28.9 Å². The van der Waals surface area contributed by atoms with Crippen molar-refractivity contribution in [3.8, 4) is 0 Å². The summed E-state index contributed by atoms with van der Waals surface area (Å²) in [6.07, 6.45) is 4.87. The van der Waals surface area contributed by atoms with Gasteiger partial charge in [0.2, 0.25) is 0 Å².